The smallest absolute Gasteiger partial charge is 0.223 e. The molecule has 2 aromatic heterocycles. The molecule has 0 aliphatic carbocycles. The lowest BCUT2D eigenvalue weighted by Gasteiger charge is -2.35. The molecule has 1 aliphatic heterocycles. The first-order chi connectivity index (χ1) is 11.2. The van der Waals surface area contributed by atoms with Crippen molar-refractivity contribution in [3.8, 4) is 0 Å². The zero-order valence-electron chi connectivity index (χ0n) is 14.0. The van der Waals surface area contributed by atoms with E-state index in [1.165, 1.54) is 12.8 Å². The van der Waals surface area contributed by atoms with Crippen molar-refractivity contribution >= 4 is 5.82 Å². The van der Waals surface area contributed by atoms with Gasteiger partial charge in [-0.05, 0) is 37.4 Å². The van der Waals surface area contributed by atoms with E-state index >= 15 is 0 Å². The van der Waals surface area contributed by atoms with Crippen molar-refractivity contribution in [1.82, 2.24) is 20.0 Å². The van der Waals surface area contributed by atoms with E-state index in [0.29, 0.717) is 5.89 Å². The summed E-state index contributed by atoms with van der Waals surface area (Å²) < 4.78 is 5.06. The molecule has 0 saturated carbocycles. The highest BCUT2D eigenvalue weighted by Crippen LogP contribution is 2.22. The normalized spacial score (nSPS) is 16.2. The average molecular weight is 315 g/mol. The Morgan fingerprint density at radius 2 is 2.13 bits per heavy atom. The van der Waals surface area contributed by atoms with Crippen molar-refractivity contribution in [3.05, 3.63) is 36.1 Å². The molecule has 23 heavy (non-hydrogen) atoms. The Labute approximate surface area is 137 Å². The minimum Gasteiger partial charge on any atom is -0.357 e. The number of hydrogen-bond donors (Lipinski definition) is 0. The van der Waals surface area contributed by atoms with Crippen molar-refractivity contribution in [3.63, 3.8) is 0 Å². The predicted octanol–water partition coefficient (Wildman–Crippen LogP) is 2.51. The molecule has 0 aromatic carbocycles. The third-order valence-electron chi connectivity index (χ3n) is 4.49. The van der Waals surface area contributed by atoms with Gasteiger partial charge in [0.15, 0.2) is 5.82 Å². The Bertz CT molecular complexity index is 592. The second-order valence-corrected chi connectivity index (χ2v) is 6.18. The van der Waals surface area contributed by atoms with Crippen LogP contribution in [0.15, 0.2) is 28.9 Å². The van der Waals surface area contributed by atoms with Crippen LogP contribution in [0.1, 0.15) is 31.5 Å². The maximum absolute atomic E-state index is 5.06. The van der Waals surface area contributed by atoms with Crippen LogP contribution in [0.4, 0.5) is 5.82 Å². The highest BCUT2D eigenvalue weighted by Gasteiger charge is 2.22. The van der Waals surface area contributed by atoms with Crippen molar-refractivity contribution < 1.29 is 4.52 Å². The number of aryl methyl sites for hydroxylation is 1. The fourth-order valence-electron chi connectivity index (χ4n) is 3.16. The number of pyridine rings is 1. The molecule has 0 N–H and O–H groups in total. The Kier molecular flexibility index (Phi) is 5.23. The Morgan fingerprint density at radius 3 is 2.74 bits per heavy atom. The Balaban J connectivity index is 1.49. The maximum Gasteiger partial charge on any atom is 0.223 e. The van der Waals surface area contributed by atoms with Crippen molar-refractivity contribution in [2.45, 2.75) is 33.2 Å². The topological polar surface area (TPSA) is 58.3 Å². The summed E-state index contributed by atoms with van der Waals surface area (Å²) in [5, 5.41) is 4.00. The van der Waals surface area contributed by atoms with E-state index in [1.807, 2.05) is 19.2 Å². The van der Waals surface area contributed by atoms with Gasteiger partial charge in [0.25, 0.3) is 0 Å². The summed E-state index contributed by atoms with van der Waals surface area (Å²) in [4.78, 5) is 13.6. The molecule has 124 valence electrons. The highest BCUT2D eigenvalue weighted by atomic mass is 16.5. The van der Waals surface area contributed by atoms with Gasteiger partial charge in [-0.2, -0.15) is 4.98 Å². The molecule has 0 bridgehead atoms. The van der Waals surface area contributed by atoms with Crippen LogP contribution in [0.2, 0.25) is 0 Å². The van der Waals surface area contributed by atoms with Crippen molar-refractivity contribution in [2.24, 2.45) is 5.92 Å². The number of piperidine rings is 1. The van der Waals surface area contributed by atoms with Crippen LogP contribution in [0, 0.1) is 12.8 Å². The predicted molar refractivity (Wildman–Crippen MR) is 89.2 cm³/mol. The molecule has 0 unspecified atom stereocenters. The van der Waals surface area contributed by atoms with Gasteiger partial charge in [-0.15, -0.1) is 0 Å². The molecule has 1 fully saturated rings. The second kappa shape index (κ2) is 7.55. The van der Waals surface area contributed by atoms with Crippen LogP contribution in [0.5, 0.6) is 0 Å². The number of rotatable bonds is 6. The molecular weight excluding hydrogens is 290 g/mol. The lowest BCUT2D eigenvalue weighted by molar-refractivity contribution is 0.206. The molecule has 3 rings (SSSR count). The molecule has 3 heterocycles. The van der Waals surface area contributed by atoms with E-state index < -0.39 is 0 Å². The van der Waals surface area contributed by atoms with Gasteiger partial charge in [-0.3, -0.25) is 4.90 Å². The maximum atomic E-state index is 5.06. The zero-order valence-corrected chi connectivity index (χ0v) is 14.0. The first-order valence-corrected chi connectivity index (χ1v) is 8.42. The molecule has 0 radical (unpaired) electrons. The van der Waals surface area contributed by atoms with Gasteiger partial charge >= 0.3 is 0 Å². The summed E-state index contributed by atoms with van der Waals surface area (Å²) >= 11 is 0. The molecule has 0 amide bonds. The summed E-state index contributed by atoms with van der Waals surface area (Å²) in [6, 6.07) is 6.12. The van der Waals surface area contributed by atoms with Gasteiger partial charge in [0.1, 0.15) is 5.82 Å². The van der Waals surface area contributed by atoms with Crippen LogP contribution >= 0.6 is 0 Å². The summed E-state index contributed by atoms with van der Waals surface area (Å²) in [6.45, 7) is 9.07. The average Bonchev–Trinajstić information content (AvgIpc) is 3.00. The van der Waals surface area contributed by atoms with E-state index in [1.54, 1.807) is 0 Å². The minimum atomic E-state index is 0.639. The zero-order chi connectivity index (χ0) is 16.1. The lowest BCUT2D eigenvalue weighted by Crippen LogP contribution is -2.39. The SMILES string of the molecule is CCN(Cc1noc(C)n1)CC1CCN(c2ccccn2)CC1. The Hall–Kier alpha value is -1.95. The summed E-state index contributed by atoms with van der Waals surface area (Å²) in [6.07, 6.45) is 4.28. The van der Waals surface area contributed by atoms with Crippen LogP contribution in [-0.4, -0.2) is 46.2 Å². The highest BCUT2D eigenvalue weighted by molar-refractivity contribution is 5.37. The van der Waals surface area contributed by atoms with E-state index in [2.05, 4.69) is 44.0 Å². The summed E-state index contributed by atoms with van der Waals surface area (Å²) in [5.41, 5.74) is 0. The fraction of sp³-hybridized carbons (Fsp3) is 0.588. The van der Waals surface area contributed by atoms with Gasteiger partial charge < -0.3 is 9.42 Å². The van der Waals surface area contributed by atoms with Crippen LogP contribution in [-0.2, 0) is 6.54 Å². The first-order valence-electron chi connectivity index (χ1n) is 8.42. The van der Waals surface area contributed by atoms with Crippen LogP contribution in [0.3, 0.4) is 0 Å². The summed E-state index contributed by atoms with van der Waals surface area (Å²) in [7, 11) is 0. The van der Waals surface area contributed by atoms with Crippen LogP contribution in [0.25, 0.3) is 0 Å². The molecule has 0 atom stereocenters. The number of anilines is 1. The van der Waals surface area contributed by atoms with Gasteiger partial charge in [0.2, 0.25) is 5.89 Å². The molecule has 1 saturated heterocycles. The van der Waals surface area contributed by atoms with Crippen LogP contribution < -0.4 is 4.90 Å². The van der Waals surface area contributed by atoms with E-state index in [4.69, 9.17) is 4.52 Å². The van der Waals surface area contributed by atoms with Crippen molar-refractivity contribution in [1.29, 1.82) is 0 Å². The van der Waals surface area contributed by atoms with E-state index in [-0.39, 0.29) is 0 Å². The van der Waals surface area contributed by atoms with E-state index in [9.17, 15) is 0 Å². The lowest BCUT2D eigenvalue weighted by atomic mass is 9.96. The quantitative estimate of drug-likeness (QED) is 0.816. The summed E-state index contributed by atoms with van der Waals surface area (Å²) in [5.74, 6) is 3.25. The Morgan fingerprint density at radius 1 is 1.30 bits per heavy atom. The fourth-order valence-corrected chi connectivity index (χ4v) is 3.16. The third-order valence-corrected chi connectivity index (χ3v) is 4.49. The molecule has 6 heteroatoms. The van der Waals surface area contributed by atoms with E-state index in [0.717, 1.165) is 50.3 Å². The molecule has 1 aliphatic rings. The van der Waals surface area contributed by atoms with Crippen molar-refractivity contribution in [2.75, 3.05) is 31.1 Å². The number of aromatic nitrogens is 3. The molecule has 6 nitrogen and oxygen atoms in total. The largest absolute Gasteiger partial charge is 0.357 e. The molecule has 0 spiro atoms. The van der Waals surface area contributed by atoms with Gasteiger partial charge in [-0.25, -0.2) is 4.98 Å². The molecular formula is C17H25N5O. The minimum absolute atomic E-state index is 0.639. The number of nitrogens with zero attached hydrogens (tertiary/aromatic N) is 5. The second-order valence-electron chi connectivity index (χ2n) is 6.18. The first kappa shape index (κ1) is 15.9. The van der Waals surface area contributed by atoms with Gasteiger partial charge in [-0.1, -0.05) is 18.1 Å². The standard InChI is InChI=1S/C17H25N5O/c1-3-21(13-16-19-14(2)23-20-16)12-15-7-10-22(11-8-15)17-6-4-5-9-18-17/h4-6,9,15H,3,7-8,10-13H2,1-2H3. The monoisotopic (exact) mass is 315 g/mol. The third kappa shape index (κ3) is 4.28. The van der Waals surface area contributed by atoms with Gasteiger partial charge in [0.05, 0.1) is 6.54 Å². The number of hydrogen-bond acceptors (Lipinski definition) is 6. The van der Waals surface area contributed by atoms with Gasteiger partial charge in [0, 0.05) is 32.8 Å². The molecule has 2 aromatic rings.